The molecule has 1 aliphatic rings. The van der Waals surface area contributed by atoms with Gasteiger partial charge in [0.15, 0.2) is 5.82 Å². The molecule has 0 spiro atoms. The highest BCUT2D eigenvalue weighted by atomic mass is 32.1. The molecule has 1 fully saturated rings. The quantitative estimate of drug-likeness (QED) is 0.612. The molecule has 0 aliphatic heterocycles. The van der Waals surface area contributed by atoms with Crippen molar-refractivity contribution >= 4 is 23.2 Å². The van der Waals surface area contributed by atoms with Crippen molar-refractivity contribution in [2.24, 2.45) is 5.92 Å². The molecular formula is C21H24N4OS. The van der Waals surface area contributed by atoms with Crippen molar-refractivity contribution in [1.82, 2.24) is 15.3 Å². The van der Waals surface area contributed by atoms with Crippen LogP contribution >= 0.6 is 11.3 Å². The van der Waals surface area contributed by atoms with Gasteiger partial charge in [-0.3, -0.25) is 0 Å². The molecule has 3 N–H and O–H groups in total. The van der Waals surface area contributed by atoms with Crippen LogP contribution in [0.1, 0.15) is 23.3 Å². The molecule has 0 amide bonds. The number of anilines is 1. The average molecular weight is 381 g/mol. The van der Waals surface area contributed by atoms with Crippen molar-refractivity contribution in [3.63, 3.8) is 0 Å². The van der Waals surface area contributed by atoms with Gasteiger partial charge in [-0.05, 0) is 43.9 Å². The van der Waals surface area contributed by atoms with Gasteiger partial charge < -0.3 is 15.7 Å². The molecule has 27 heavy (non-hydrogen) atoms. The standard InChI is InChI=1S/C21H24N4OS/c1-4-17(12-18(22-3)15-8-9-15)24-20-16(6-5-11-26)13-23-21(25-20)19-10-7-14(2)27-19/h1,5-7,10,12-13,15,17,22,26H,8-9,11H2,2-3H3,(H,23,24,25)/b6-5+,18-12-. The molecule has 3 rings (SSSR count). The van der Waals surface area contributed by atoms with Gasteiger partial charge in [-0.25, -0.2) is 9.97 Å². The van der Waals surface area contributed by atoms with E-state index in [0.717, 1.165) is 10.4 Å². The van der Waals surface area contributed by atoms with Crippen LogP contribution in [0, 0.1) is 25.2 Å². The zero-order valence-electron chi connectivity index (χ0n) is 15.6. The number of thiophene rings is 1. The normalized spacial score (nSPS) is 15.6. The van der Waals surface area contributed by atoms with Gasteiger partial charge in [-0.2, -0.15) is 0 Å². The Bertz CT molecular complexity index is 890. The Morgan fingerprint density at radius 1 is 1.48 bits per heavy atom. The summed E-state index contributed by atoms with van der Waals surface area (Å²) in [7, 11) is 1.93. The summed E-state index contributed by atoms with van der Waals surface area (Å²) < 4.78 is 0. The number of aliphatic hydroxyl groups excluding tert-OH is 1. The number of aryl methyl sites for hydroxylation is 1. The SMILES string of the molecule is C#CC(/C=C(\NC)C1CC1)Nc1nc(-c2ccc(C)s2)ncc1/C=C/CO. The van der Waals surface area contributed by atoms with Crippen molar-refractivity contribution in [2.45, 2.75) is 25.8 Å². The van der Waals surface area contributed by atoms with Gasteiger partial charge in [0.05, 0.1) is 11.5 Å². The summed E-state index contributed by atoms with van der Waals surface area (Å²) in [6, 6.07) is 3.78. The number of aliphatic hydroxyl groups is 1. The predicted octanol–water partition coefficient (Wildman–Crippen LogP) is 3.45. The lowest BCUT2D eigenvalue weighted by Crippen LogP contribution is -2.20. The molecule has 0 aromatic carbocycles. The first-order valence-electron chi connectivity index (χ1n) is 8.98. The summed E-state index contributed by atoms with van der Waals surface area (Å²) in [5.41, 5.74) is 1.95. The molecule has 5 nitrogen and oxygen atoms in total. The zero-order chi connectivity index (χ0) is 19.2. The lowest BCUT2D eigenvalue weighted by Gasteiger charge is -2.15. The summed E-state index contributed by atoms with van der Waals surface area (Å²) in [6.07, 6.45) is 15.4. The molecule has 1 atom stereocenters. The average Bonchev–Trinajstić information content (AvgIpc) is 3.44. The number of rotatable bonds is 8. The molecule has 1 saturated carbocycles. The zero-order valence-corrected chi connectivity index (χ0v) is 16.4. The largest absolute Gasteiger partial charge is 0.392 e. The van der Waals surface area contributed by atoms with Crippen molar-refractivity contribution in [2.75, 3.05) is 19.0 Å². The van der Waals surface area contributed by atoms with E-state index < -0.39 is 0 Å². The molecule has 0 saturated heterocycles. The van der Waals surface area contributed by atoms with Gasteiger partial charge in [0.2, 0.25) is 0 Å². The van der Waals surface area contributed by atoms with Crippen LogP contribution in [-0.4, -0.2) is 34.8 Å². The minimum absolute atomic E-state index is 0.0463. The van der Waals surface area contributed by atoms with Gasteiger partial charge in [0.1, 0.15) is 11.9 Å². The maximum Gasteiger partial charge on any atom is 0.171 e. The van der Waals surface area contributed by atoms with E-state index in [2.05, 4.69) is 34.5 Å². The highest BCUT2D eigenvalue weighted by Crippen LogP contribution is 2.35. The number of allylic oxidation sites excluding steroid dienone is 1. The van der Waals surface area contributed by atoms with E-state index in [4.69, 9.17) is 16.5 Å². The van der Waals surface area contributed by atoms with Gasteiger partial charge >= 0.3 is 0 Å². The van der Waals surface area contributed by atoms with Crippen molar-refractivity contribution < 1.29 is 5.11 Å². The molecule has 1 aliphatic carbocycles. The third-order valence-electron chi connectivity index (χ3n) is 4.30. The Morgan fingerprint density at radius 3 is 2.89 bits per heavy atom. The summed E-state index contributed by atoms with van der Waals surface area (Å²) in [6.45, 7) is 2.01. The highest BCUT2D eigenvalue weighted by Gasteiger charge is 2.26. The van der Waals surface area contributed by atoms with Crippen LogP contribution in [0.5, 0.6) is 0 Å². The Kier molecular flexibility index (Phi) is 6.28. The number of nitrogens with one attached hydrogen (secondary N) is 2. The van der Waals surface area contributed by atoms with Crippen molar-refractivity contribution in [1.29, 1.82) is 0 Å². The molecule has 0 radical (unpaired) electrons. The molecule has 1 unspecified atom stereocenters. The second-order valence-electron chi connectivity index (χ2n) is 6.43. The van der Waals surface area contributed by atoms with E-state index in [0.29, 0.717) is 17.6 Å². The Morgan fingerprint density at radius 2 is 2.30 bits per heavy atom. The second kappa shape index (κ2) is 8.85. The van der Waals surface area contributed by atoms with Crippen molar-refractivity contribution in [3.8, 4) is 23.0 Å². The number of hydrogen-bond acceptors (Lipinski definition) is 6. The van der Waals surface area contributed by atoms with E-state index in [1.165, 1.54) is 23.4 Å². The third kappa shape index (κ3) is 4.97. The fourth-order valence-corrected chi connectivity index (χ4v) is 3.57. The molecule has 2 heterocycles. The second-order valence-corrected chi connectivity index (χ2v) is 7.72. The maximum absolute atomic E-state index is 9.10. The van der Waals surface area contributed by atoms with E-state index in [-0.39, 0.29) is 12.6 Å². The first-order chi connectivity index (χ1) is 13.1. The summed E-state index contributed by atoms with van der Waals surface area (Å²) >= 11 is 1.65. The van der Waals surface area contributed by atoms with Crippen LogP contribution in [-0.2, 0) is 0 Å². The first kappa shape index (κ1) is 19.2. The molecule has 2 aromatic rings. The first-order valence-corrected chi connectivity index (χ1v) is 9.79. The Labute approximate surface area is 164 Å². The highest BCUT2D eigenvalue weighted by molar-refractivity contribution is 7.15. The van der Waals surface area contributed by atoms with Crippen LogP contribution in [0.15, 0.2) is 36.2 Å². The Hall–Kier alpha value is -2.62. The van der Waals surface area contributed by atoms with Crippen LogP contribution in [0.4, 0.5) is 5.82 Å². The smallest absolute Gasteiger partial charge is 0.171 e. The number of aromatic nitrogens is 2. The van der Waals surface area contributed by atoms with E-state index >= 15 is 0 Å². The summed E-state index contributed by atoms with van der Waals surface area (Å²) in [5.74, 6) is 4.68. The van der Waals surface area contributed by atoms with Gasteiger partial charge in [0.25, 0.3) is 0 Å². The lowest BCUT2D eigenvalue weighted by atomic mass is 10.2. The fraction of sp³-hybridized carbons (Fsp3) is 0.333. The molecule has 2 aromatic heterocycles. The Balaban J connectivity index is 1.92. The lowest BCUT2D eigenvalue weighted by molar-refractivity contribution is 0.343. The minimum Gasteiger partial charge on any atom is -0.392 e. The van der Waals surface area contributed by atoms with Gasteiger partial charge in [-0.1, -0.05) is 18.1 Å². The molecule has 140 valence electrons. The number of hydrogen-bond donors (Lipinski definition) is 3. The van der Waals surface area contributed by atoms with Gasteiger partial charge in [0, 0.05) is 29.4 Å². The van der Waals surface area contributed by atoms with E-state index in [1.807, 2.05) is 19.2 Å². The van der Waals surface area contributed by atoms with Crippen LogP contribution in [0.2, 0.25) is 0 Å². The van der Waals surface area contributed by atoms with Gasteiger partial charge in [-0.15, -0.1) is 17.8 Å². The molecule has 6 heteroatoms. The molecular weight excluding hydrogens is 356 g/mol. The summed E-state index contributed by atoms with van der Waals surface area (Å²) in [5, 5.41) is 15.7. The van der Waals surface area contributed by atoms with Crippen LogP contribution in [0.3, 0.4) is 0 Å². The maximum atomic E-state index is 9.10. The number of terminal acetylenes is 1. The van der Waals surface area contributed by atoms with E-state index in [1.54, 1.807) is 29.7 Å². The van der Waals surface area contributed by atoms with E-state index in [9.17, 15) is 0 Å². The van der Waals surface area contributed by atoms with Crippen LogP contribution < -0.4 is 10.6 Å². The predicted molar refractivity (Wildman–Crippen MR) is 112 cm³/mol. The monoisotopic (exact) mass is 380 g/mol. The summed E-state index contributed by atoms with van der Waals surface area (Å²) in [4.78, 5) is 11.4. The van der Waals surface area contributed by atoms with Crippen molar-refractivity contribution in [3.05, 3.63) is 46.6 Å². The molecule has 0 bridgehead atoms. The fourth-order valence-electron chi connectivity index (χ4n) is 2.76. The number of nitrogens with zero attached hydrogens (tertiary/aromatic N) is 2. The topological polar surface area (TPSA) is 70.1 Å². The van der Waals surface area contributed by atoms with Crippen LogP contribution in [0.25, 0.3) is 16.8 Å². The minimum atomic E-state index is -0.290. The third-order valence-corrected chi connectivity index (χ3v) is 5.30.